The molecule has 0 aliphatic carbocycles. The maximum absolute atomic E-state index is 12.6. The van der Waals surface area contributed by atoms with E-state index in [9.17, 15) is 18.0 Å². The smallest absolute Gasteiger partial charge is 0.356 e. The summed E-state index contributed by atoms with van der Waals surface area (Å²) in [6.45, 7) is 0.895. The number of amides is 1. The Morgan fingerprint density at radius 1 is 1.21 bits per heavy atom. The van der Waals surface area contributed by atoms with Crippen LogP contribution in [-0.2, 0) is 19.1 Å². The van der Waals surface area contributed by atoms with E-state index in [4.69, 9.17) is 0 Å². The molecule has 0 aliphatic heterocycles. The van der Waals surface area contributed by atoms with E-state index in [0.717, 1.165) is 22.3 Å². The van der Waals surface area contributed by atoms with Crippen molar-refractivity contribution in [1.29, 1.82) is 0 Å². The van der Waals surface area contributed by atoms with E-state index in [1.807, 2.05) is 12.1 Å². The summed E-state index contributed by atoms with van der Waals surface area (Å²) in [6, 6.07) is 7.23. The van der Waals surface area contributed by atoms with E-state index in [1.165, 1.54) is 4.90 Å². The number of carbonyl (C=O) groups excluding carboxylic acids is 1. The van der Waals surface area contributed by atoms with Gasteiger partial charge in [-0.2, -0.15) is 13.2 Å². The first kappa shape index (κ1) is 21.7. The molecule has 0 saturated carbocycles. The van der Waals surface area contributed by atoms with E-state index < -0.39 is 11.9 Å². The molecule has 1 aromatic carbocycles. The molecule has 0 spiro atoms. The van der Waals surface area contributed by atoms with Gasteiger partial charge in [0.2, 0.25) is 0 Å². The molecule has 0 bridgehead atoms. The Morgan fingerprint density at radius 3 is 2.43 bits per heavy atom. The zero-order valence-electron chi connectivity index (χ0n) is 15.8. The first-order valence-electron chi connectivity index (χ1n) is 8.47. The lowest BCUT2D eigenvalue weighted by molar-refractivity contribution is -0.140. The topological polar surface area (TPSA) is 69.6 Å². The van der Waals surface area contributed by atoms with Gasteiger partial charge in [-0.3, -0.25) is 9.79 Å². The molecule has 1 aromatic heterocycles. The van der Waals surface area contributed by atoms with Gasteiger partial charge in [0.05, 0.1) is 5.01 Å². The average molecular weight is 413 g/mol. The third-order valence-corrected chi connectivity index (χ3v) is 4.67. The molecular weight excluding hydrogens is 391 g/mol. The summed E-state index contributed by atoms with van der Waals surface area (Å²) in [4.78, 5) is 21.1. The Morgan fingerprint density at radius 2 is 1.89 bits per heavy atom. The second kappa shape index (κ2) is 9.54. The van der Waals surface area contributed by atoms with Gasteiger partial charge in [-0.15, -0.1) is 11.3 Å². The Balaban J connectivity index is 1.80. The van der Waals surface area contributed by atoms with E-state index in [1.54, 1.807) is 33.3 Å². The molecule has 0 radical (unpaired) electrons. The van der Waals surface area contributed by atoms with Crippen LogP contribution in [-0.4, -0.2) is 49.4 Å². The lowest BCUT2D eigenvalue weighted by atomic mass is 10.1. The Kier molecular flexibility index (Phi) is 7.38. The monoisotopic (exact) mass is 413 g/mol. The van der Waals surface area contributed by atoms with Crippen molar-refractivity contribution >= 4 is 23.2 Å². The number of benzene rings is 1. The molecule has 0 saturated heterocycles. The molecule has 2 rings (SSSR count). The van der Waals surface area contributed by atoms with Gasteiger partial charge in [-0.25, -0.2) is 4.98 Å². The molecule has 1 amide bonds. The minimum absolute atomic E-state index is 0.0622. The molecular formula is C18H22F3N5OS. The molecule has 10 heteroatoms. The molecule has 28 heavy (non-hydrogen) atoms. The fourth-order valence-corrected chi connectivity index (χ4v) is 3.08. The summed E-state index contributed by atoms with van der Waals surface area (Å²) < 4.78 is 37.7. The van der Waals surface area contributed by atoms with Crippen LogP contribution in [0.15, 0.2) is 34.6 Å². The minimum atomic E-state index is -4.41. The van der Waals surface area contributed by atoms with Crippen LogP contribution < -0.4 is 10.6 Å². The van der Waals surface area contributed by atoms with Crippen molar-refractivity contribution in [2.75, 3.05) is 27.7 Å². The Bertz CT molecular complexity index is 815. The van der Waals surface area contributed by atoms with Gasteiger partial charge >= 0.3 is 6.18 Å². The standard InChI is InChI=1S/C18H22F3N5OS/c1-22-17(23-9-8-15-25-14(11-28-15)18(19,20)21)24-10-12-4-6-13(7-5-12)16(27)26(2)3/h4-7,11H,8-10H2,1-3H3,(H2,22,23,24). The Labute approximate surface area is 165 Å². The molecule has 0 unspecified atom stereocenters. The third-order valence-electron chi connectivity index (χ3n) is 3.76. The molecule has 0 aliphatic rings. The van der Waals surface area contributed by atoms with Gasteiger partial charge in [-0.05, 0) is 17.7 Å². The molecule has 1 heterocycles. The highest BCUT2D eigenvalue weighted by Gasteiger charge is 2.33. The normalized spacial score (nSPS) is 12.0. The van der Waals surface area contributed by atoms with Crippen molar-refractivity contribution in [2.45, 2.75) is 19.1 Å². The van der Waals surface area contributed by atoms with Crippen molar-refractivity contribution < 1.29 is 18.0 Å². The van der Waals surface area contributed by atoms with Crippen molar-refractivity contribution in [1.82, 2.24) is 20.5 Å². The van der Waals surface area contributed by atoms with Gasteiger partial charge in [-0.1, -0.05) is 12.1 Å². The number of rotatable bonds is 6. The highest BCUT2D eigenvalue weighted by Crippen LogP contribution is 2.29. The molecule has 2 N–H and O–H groups in total. The number of hydrogen-bond acceptors (Lipinski definition) is 4. The van der Waals surface area contributed by atoms with E-state index in [2.05, 4.69) is 20.6 Å². The summed E-state index contributed by atoms with van der Waals surface area (Å²) >= 11 is 0.989. The number of nitrogens with one attached hydrogen (secondary N) is 2. The lowest BCUT2D eigenvalue weighted by Gasteiger charge is -2.13. The number of aliphatic imine (C=N–C) groups is 1. The largest absolute Gasteiger partial charge is 0.434 e. The number of halogens is 3. The van der Waals surface area contributed by atoms with Crippen LogP contribution in [0.1, 0.15) is 26.6 Å². The maximum atomic E-state index is 12.6. The first-order chi connectivity index (χ1) is 13.2. The number of carbonyl (C=O) groups is 1. The third kappa shape index (κ3) is 6.22. The van der Waals surface area contributed by atoms with E-state index >= 15 is 0 Å². The van der Waals surface area contributed by atoms with Gasteiger partial charge in [0, 0.05) is 51.6 Å². The first-order valence-corrected chi connectivity index (χ1v) is 9.35. The van der Waals surface area contributed by atoms with Crippen molar-refractivity contribution in [3.8, 4) is 0 Å². The van der Waals surface area contributed by atoms with Crippen LogP contribution in [0.4, 0.5) is 13.2 Å². The number of alkyl halides is 3. The summed E-state index contributed by atoms with van der Waals surface area (Å²) in [7, 11) is 5.01. The minimum Gasteiger partial charge on any atom is -0.356 e. The van der Waals surface area contributed by atoms with E-state index in [0.29, 0.717) is 36.0 Å². The van der Waals surface area contributed by atoms with Crippen molar-refractivity contribution in [3.05, 3.63) is 51.5 Å². The van der Waals surface area contributed by atoms with Gasteiger partial charge in [0.1, 0.15) is 0 Å². The predicted octanol–water partition coefficient (Wildman–Crippen LogP) is 2.77. The average Bonchev–Trinajstić information content (AvgIpc) is 3.13. The van der Waals surface area contributed by atoms with Crippen LogP contribution in [0.3, 0.4) is 0 Å². The maximum Gasteiger partial charge on any atom is 0.434 e. The van der Waals surface area contributed by atoms with Gasteiger partial charge < -0.3 is 15.5 Å². The van der Waals surface area contributed by atoms with Crippen LogP contribution in [0, 0.1) is 0 Å². The molecule has 0 atom stereocenters. The number of nitrogens with zero attached hydrogens (tertiary/aromatic N) is 3. The van der Waals surface area contributed by atoms with E-state index in [-0.39, 0.29) is 5.91 Å². The summed E-state index contributed by atoms with van der Waals surface area (Å²) in [5.41, 5.74) is 0.720. The number of aromatic nitrogens is 1. The number of thiazole rings is 1. The highest BCUT2D eigenvalue weighted by atomic mass is 32.1. The van der Waals surface area contributed by atoms with Crippen LogP contribution >= 0.6 is 11.3 Å². The Hall–Kier alpha value is -2.62. The molecule has 2 aromatic rings. The zero-order chi connectivity index (χ0) is 20.7. The van der Waals surface area contributed by atoms with Crippen molar-refractivity contribution in [3.63, 3.8) is 0 Å². The predicted molar refractivity (Wildman–Crippen MR) is 103 cm³/mol. The second-order valence-corrected chi connectivity index (χ2v) is 7.07. The summed E-state index contributed by atoms with van der Waals surface area (Å²) in [6.07, 6.45) is -4.05. The fraction of sp³-hybridized carbons (Fsp3) is 0.389. The fourth-order valence-electron chi connectivity index (χ4n) is 2.27. The molecule has 152 valence electrons. The van der Waals surface area contributed by atoms with Crippen LogP contribution in [0.5, 0.6) is 0 Å². The van der Waals surface area contributed by atoms with Gasteiger partial charge in [0.15, 0.2) is 11.7 Å². The van der Waals surface area contributed by atoms with Crippen LogP contribution in [0.2, 0.25) is 0 Å². The second-order valence-electron chi connectivity index (χ2n) is 6.12. The van der Waals surface area contributed by atoms with Crippen molar-refractivity contribution in [2.24, 2.45) is 4.99 Å². The summed E-state index contributed by atoms with van der Waals surface area (Å²) in [5, 5.41) is 7.60. The zero-order valence-corrected chi connectivity index (χ0v) is 16.6. The van der Waals surface area contributed by atoms with Gasteiger partial charge in [0.25, 0.3) is 5.91 Å². The SMILES string of the molecule is CN=C(NCCc1nc(C(F)(F)F)cs1)NCc1ccc(C(=O)N(C)C)cc1. The van der Waals surface area contributed by atoms with Crippen LogP contribution in [0.25, 0.3) is 0 Å². The lowest BCUT2D eigenvalue weighted by Crippen LogP contribution is -2.37. The number of guanidine groups is 1. The number of hydrogen-bond donors (Lipinski definition) is 2. The summed E-state index contributed by atoms with van der Waals surface area (Å²) in [5.74, 6) is 0.467. The quantitative estimate of drug-likeness (QED) is 0.565. The molecule has 6 nitrogen and oxygen atoms in total. The highest BCUT2D eigenvalue weighted by molar-refractivity contribution is 7.09. The molecule has 0 fully saturated rings.